The lowest BCUT2D eigenvalue weighted by Gasteiger charge is -2.22. The Balaban J connectivity index is 1.84. The molecule has 1 fully saturated rings. The molecule has 1 aliphatic heterocycles. The Morgan fingerprint density at radius 2 is 2.32 bits per heavy atom. The average molecular weight is 266 g/mol. The van der Waals surface area contributed by atoms with Crippen LogP contribution in [0.2, 0.25) is 0 Å². The maximum Gasteiger partial charge on any atom is 0.407 e. The minimum absolute atomic E-state index is 0.310. The van der Waals surface area contributed by atoms with Crippen LogP contribution in [-0.2, 0) is 4.74 Å². The number of carbonyl (C=O) groups is 1. The Kier molecular flexibility index (Phi) is 4.14. The number of nitrogens with one attached hydrogen (secondary N) is 2. The van der Waals surface area contributed by atoms with Crippen LogP contribution in [0.25, 0.3) is 0 Å². The summed E-state index contributed by atoms with van der Waals surface area (Å²) in [6.45, 7) is 7.92. The van der Waals surface area contributed by atoms with Crippen molar-refractivity contribution < 1.29 is 13.9 Å². The highest BCUT2D eigenvalue weighted by Crippen LogP contribution is 2.27. The van der Waals surface area contributed by atoms with Gasteiger partial charge in [-0.2, -0.15) is 0 Å². The summed E-state index contributed by atoms with van der Waals surface area (Å²) in [6.07, 6.45) is 1.32. The van der Waals surface area contributed by atoms with Gasteiger partial charge in [0.25, 0.3) is 0 Å². The van der Waals surface area contributed by atoms with Crippen molar-refractivity contribution >= 4 is 6.09 Å². The average Bonchev–Trinajstić information content (AvgIpc) is 2.94. The van der Waals surface area contributed by atoms with Crippen LogP contribution >= 0.6 is 0 Å². The Morgan fingerprint density at radius 1 is 1.53 bits per heavy atom. The van der Waals surface area contributed by atoms with Crippen LogP contribution in [0.4, 0.5) is 4.79 Å². The van der Waals surface area contributed by atoms with Crippen molar-refractivity contribution in [2.75, 3.05) is 19.6 Å². The predicted molar refractivity (Wildman–Crippen MR) is 72.0 cm³/mol. The highest BCUT2D eigenvalue weighted by Gasteiger charge is 2.31. The summed E-state index contributed by atoms with van der Waals surface area (Å²) in [6, 6.07) is 3.88. The Hall–Kier alpha value is -1.49. The molecule has 2 N–H and O–H groups in total. The second kappa shape index (κ2) is 5.65. The molecule has 5 nitrogen and oxygen atoms in total. The van der Waals surface area contributed by atoms with E-state index in [2.05, 4.69) is 10.6 Å². The van der Waals surface area contributed by atoms with Crippen molar-refractivity contribution in [1.82, 2.24) is 10.6 Å². The first kappa shape index (κ1) is 13.9. The molecule has 1 amide bonds. The molecule has 0 spiro atoms. The first-order valence-electron chi connectivity index (χ1n) is 6.66. The van der Waals surface area contributed by atoms with E-state index in [0.717, 1.165) is 18.8 Å². The van der Waals surface area contributed by atoms with Crippen molar-refractivity contribution in [2.24, 2.45) is 5.92 Å². The van der Waals surface area contributed by atoms with Gasteiger partial charge in [0.15, 0.2) is 0 Å². The van der Waals surface area contributed by atoms with Gasteiger partial charge in [-0.05, 0) is 38.8 Å². The Labute approximate surface area is 113 Å². The van der Waals surface area contributed by atoms with Gasteiger partial charge in [-0.3, -0.25) is 0 Å². The fourth-order valence-electron chi connectivity index (χ4n) is 2.31. The fraction of sp³-hybridized carbons (Fsp3) is 0.643. The number of hydrogen-bond donors (Lipinski definition) is 2. The molecule has 19 heavy (non-hydrogen) atoms. The van der Waals surface area contributed by atoms with E-state index >= 15 is 0 Å². The van der Waals surface area contributed by atoms with Crippen molar-refractivity contribution in [3.05, 3.63) is 24.2 Å². The number of carbonyl (C=O) groups excluding carboxylic acids is 1. The molecule has 2 heterocycles. The van der Waals surface area contributed by atoms with Gasteiger partial charge in [-0.15, -0.1) is 0 Å². The normalized spacial score (nSPS) is 23.3. The molecule has 2 atom stereocenters. The first-order chi connectivity index (χ1) is 8.96. The summed E-state index contributed by atoms with van der Waals surface area (Å²) in [5, 5.41) is 6.16. The van der Waals surface area contributed by atoms with Gasteiger partial charge in [-0.25, -0.2) is 4.79 Å². The lowest BCUT2D eigenvalue weighted by atomic mass is 9.94. The van der Waals surface area contributed by atoms with E-state index in [0.29, 0.717) is 18.4 Å². The SMILES string of the molecule is CC(C)(C)OC(=O)NC[C@H]1CNC[C@@H]1c1ccco1. The summed E-state index contributed by atoms with van der Waals surface area (Å²) in [4.78, 5) is 11.6. The van der Waals surface area contributed by atoms with Gasteiger partial charge in [0.1, 0.15) is 11.4 Å². The van der Waals surface area contributed by atoms with Crippen LogP contribution < -0.4 is 10.6 Å². The van der Waals surface area contributed by atoms with Crippen molar-refractivity contribution in [3.63, 3.8) is 0 Å². The minimum atomic E-state index is -0.460. The molecule has 2 rings (SSSR count). The quantitative estimate of drug-likeness (QED) is 0.879. The molecule has 0 unspecified atom stereocenters. The van der Waals surface area contributed by atoms with E-state index < -0.39 is 5.60 Å². The Morgan fingerprint density at radius 3 is 2.95 bits per heavy atom. The molecule has 0 radical (unpaired) electrons. The minimum Gasteiger partial charge on any atom is -0.469 e. The third kappa shape index (κ3) is 3.99. The molecule has 0 aliphatic carbocycles. The molecule has 106 valence electrons. The molecule has 1 aromatic heterocycles. The maximum atomic E-state index is 11.6. The standard InChI is InChI=1S/C14H22N2O3/c1-14(2,3)19-13(17)16-8-10-7-15-9-11(10)12-5-4-6-18-12/h4-6,10-11,15H,7-9H2,1-3H3,(H,16,17)/t10-,11+/m1/s1. The summed E-state index contributed by atoms with van der Waals surface area (Å²) in [5.74, 6) is 1.62. The van der Waals surface area contributed by atoms with E-state index in [1.54, 1.807) is 6.26 Å². The van der Waals surface area contributed by atoms with Gasteiger partial charge in [0.2, 0.25) is 0 Å². The number of ether oxygens (including phenoxy) is 1. The van der Waals surface area contributed by atoms with Gasteiger partial charge in [0.05, 0.1) is 6.26 Å². The van der Waals surface area contributed by atoms with Crippen LogP contribution in [0.1, 0.15) is 32.4 Å². The van der Waals surface area contributed by atoms with Crippen LogP contribution in [0.3, 0.4) is 0 Å². The summed E-state index contributed by atoms with van der Waals surface area (Å²) >= 11 is 0. The molecule has 0 bridgehead atoms. The molecular weight excluding hydrogens is 244 g/mol. The third-order valence-corrected chi connectivity index (χ3v) is 3.16. The highest BCUT2D eigenvalue weighted by molar-refractivity contribution is 5.67. The van der Waals surface area contributed by atoms with Gasteiger partial charge in [0, 0.05) is 25.6 Å². The largest absolute Gasteiger partial charge is 0.469 e. The zero-order chi connectivity index (χ0) is 13.9. The topological polar surface area (TPSA) is 63.5 Å². The summed E-state index contributed by atoms with van der Waals surface area (Å²) in [5.41, 5.74) is -0.460. The zero-order valence-corrected chi connectivity index (χ0v) is 11.7. The maximum absolute atomic E-state index is 11.6. The van der Waals surface area contributed by atoms with Crippen LogP contribution in [-0.4, -0.2) is 31.3 Å². The third-order valence-electron chi connectivity index (χ3n) is 3.16. The second-order valence-corrected chi connectivity index (χ2v) is 5.92. The highest BCUT2D eigenvalue weighted by atomic mass is 16.6. The van der Waals surface area contributed by atoms with E-state index in [-0.39, 0.29) is 6.09 Å². The van der Waals surface area contributed by atoms with E-state index in [1.165, 1.54) is 0 Å². The predicted octanol–water partition coefficient (Wildman–Crippen LogP) is 2.11. The van der Waals surface area contributed by atoms with Gasteiger partial charge < -0.3 is 19.8 Å². The van der Waals surface area contributed by atoms with Crippen molar-refractivity contribution in [2.45, 2.75) is 32.3 Å². The van der Waals surface area contributed by atoms with Gasteiger partial charge in [-0.1, -0.05) is 0 Å². The number of rotatable bonds is 3. The van der Waals surface area contributed by atoms with E-state index in [1.807, 2.05) is 32.9 Å². The number of amides is 1. The summed E-state index contributed by atoms with van der Waals surface area (Å²) < 4.78 is 10.7. The molecule has 1 saturated heterocycles. The molecule has 0 saturated carbocycles. The number of furan rings is 1. The molecule has 5 heteroatoms. The van der Waals surface area contributed by atoms with Crippen LogP contribution in [0.15, 0.2) is 22.8 Å². The number of alkyl carbamates (subject to hydrolysis) is 1. The lowest BCUT2D eigenvalue weighted by Crippen LogP contribution is -2.36. The second-order valence-electron chi connectivity index (χ2n) is 5.92. The van der Waals surface area contributed by atoms with E-state index in [4.69, 9.17) is 9.15 Å². The summed E-state index contributed by atoms with van der Waals surface area (Å²) in [7, 11) is 0. The fourth-order valence-corrected chi connectivity index (χ4v) is 2.31. The van der Waals surface area contributed by atoms with Crippen molar-refractivity contribution in [1.29, 1.82) is 0 Å². The number of hydrogen-bond acceptors (Lipinski definition) is 4. The van der Waals surface area contributed by atoms with Crippen LogP contribution in [0.5, 0.6) is 0 Å². The van der Waals surface area contributed by atoms with Gasteiger partial charge >= 0.3 is 6.09 Å². The monoisotopic (exact) mass is 266 g/mol. The molecule has 1 aliphatic rings. The smallest absolute Gasteiger partial charge is 0.407 e. The zero-order valence-electron chi connectivity index (χ0n) is 11.7. The molecule has 1 aromatic rings. The van der Waals surface area contributed by atoms with E-state index in [9.17, 15) is 4.79 Å². The molecule has 0 aromatic carbocycles. The van der Waals surface area contributed by atoms with Crippen LogP contribution in [0, 0.1) is 5.92 Å². The lowest BCUT2D eigenvalue weighted by molar-refractivity contribution is 0.0519. The first-order valence-corrected chi connectivity index (χ1v) is 6.66. The Bertz CT molecular complexity index is 409. The van der Waals surface area contributed by atoms with Crippen molar-refractivity contribution in [3.8, 4) is 0 Å². The molecular formula is C14H22N2O3.